The van der Waals surface area contributed by atoms with E-state index in [1.54, 1.807) is 0 Å². The fraction of sp³-hybridized carbons (Fsp3) is 0.250. The zero-order valence-corrected chi connectivity index (χ0v) is 8.39. The summed E-state index contributed by atoms with van der Waals surface area (Å²) in [5.41, 5.74) is -1.18. The molecule has 0 saturated carbocycles. The van der Waals surface area contributed by atoms with Crippen molar-refractivity contribution in [2.24, 2.45) is 0 Å². The largest absolute Gasteiger partial charge is 0.296 e. The number of carbonyl (C=O) groups is 1. The summed E-state index contributed by atoms with van der Waals surface area (Å²) in [6.07, 6.45) is -2.65. The van der Waals surface area contributed by atoms with Crippen LogP contribution in [0.4, 0.5) is 13.2 Å². The fourth-order valence-electron chi connectivity index (χ4n) is 0.934. The first-order chi connectivity index (χ1) is 6.60. The number of hydrogen-bond acceptors (Lipinski definition) is 2. The van der Waals surface area contributed by atoms with Gasteiger partial charge in [-0.05, 0) is 6.07 Å². The minimum absolute atomic E-state index is 0.0137. The number of hydrogen-bond donors (Lipinski definition) is 0. The van der Waals surface area contributed by atoms with Crippen LogP contribution in [0.25, 0.3) is 0 Å². The molecule has 1 aromatic heterocycles. The molecule has 1 heterocycles. The average Bonchev–Trinajstić information content (AvgIpc) is 2.17. The SMILES string of the molecule is O=Cc1cc(C(F)F)c(F)c(CBr)n1. The standard InChI is InChI=1S/C8H5BrF3NO/c9-2-6-7(10)5(8(11)12)1-4(3-14)13-6/h1,3,8H,2H2. The molecule has 0 spiro atoms. The Kier molecular flexibility index (Phi) is 3.62. The summed E-state index contributed by atoms with van der Waals surface area (Å²) in [5, 5.41) is -0.0137. The molecule has 0 aliphatic carbocycles. The first kappa shape index (κ1) is 11.2. The Morgan fingerprint density at radius 2 is 2.21 bits per heavy atom. The third-order valence-electron chi connectivity index (χ3n) is 1.56. The van der Waals surface area contributed by atoms with E-state index in [4.69, 9.17) is 0 Å². The van der Waals surface area contributed by atoms with Crippen molar-refractivity contribution in [1.82, 2.24) is 4.98 Å². The number of halogens is 4. The molecular formula is C8H5BrF3NO. The second-order valence-electron chi connectivity index (χ2n) is 2.45. The van der Waals surface area contributed by atoms with Gasteiger partial charge in [-0.1, -0.05) is 15.9 Å². The zero-order valence-electron chi connectivity index (χ0n) is 6.81. The second kappa shape index (κ2) is 4.54. The van der Waals surface area contributed by atoms with Crippen molar-refractivity contribution in [3.8, 4) is 0 Å². The van der Waals surface area contributed by atoms with Crippen LogP contribution >= 0.6 is 15.9 Å². The van der Waals surface area contributed by atoms with Gasteiger partial charge in [0.2, 0.25) is 0 Å². The Bertz CT molecular complexity index is 357. The van der Waals surface area contributed by atoms with Crippen LogP contribution in [0.1, 0.15) is 28.2 Å². The second-order valence-corrected chi connectivity index (χ2v) is 3.01. The number of aromatic nitrogens is 1. The summed E-state index contributed by atoms with van der Waals surface area (Å²) >= 11 is 2.89. The van der Waals surface area contributed by atoms with Gasteiger partial charge in [0.05, 0.1) is 11.3 Å². The van der Waals surface area contributed by atoms with Gasteiger partial charge in [-0.25, -0.2) is 18.2 Å². The van der Waals surface area contributed by atoms with Gasteiger partial charge in [-0.15, -0.1) is 0 Å². The maximum Gasteiger partial charge on any atom is 0.266 e. The Morgan fingerprint density at radius 3 is 2.64 bits per heavy atom. The molecule has 1 rings (SSSR count). The van der Waals surface area contributed by atoms with E-state index in [0.29, 0.717) is 6.29 Å². The number of rotatable bonds is 3. The molecule has 0 unspecified atom stereocenters. The van der Waals surface area contributed by atoms with E-state index >= 15 is 0 Å². The molecule has 0 radical (unpaired) electrons. The highest BCUT2D eigenvalue weighted by atomic mass is 79.9. The molecular weight excluding hydrogens is 263 g/mol. The van der Waals surface area contributed by atoms with Crippen LogP contribution in [-0.4, -0.2) is 11.3 Å². The van der Waals surface area contributed by atoms with E-state index in [2.05, 4.69) is 20.9 Å². The third kappa shape index (κ3) is 2.12. The molecule has 0 aromatic carbocycles. The quantitative estimate of drug-likeness (QED) is 0.623. The Hall–Kier alpha value is -0.910. The van der Waals surface area contributed by atoms with Crippen molar-refractivity contribution >= 4 is 22.2 Å². The van der Waals surface area contributed by atoms with Crippen LogP contribution < -0.4 is 0 Å². The van der Waals surface area contributed by atoms with Crippen molar-refractivity contribution in [2.75, 3.05) is 0 Å². The first-order valence-corrected chi connectivity index (χ1v) is 4.71. The summed E-state index contributed by atoms with van der Waals surface area (Å²) in [7, 11) is 0. The highest BCUT2D eigenvalue weighted by Gasteiger charge is 2.18. The third-order valence-corrected chi connectivity index (χ3v) is 2.09. The molecule has 1 aromatic rings. The Labute approximate surface area is 86.3 Å². The lowest BCUT2D eigenvalue weighted by Gasteiger charge is -2.05. The summed E-state index contributed by atoms with van der Waals surface area (Å²) < 4.78 is 37.7. The minimum atomic E-state index is -2.95. The monoisotopic (exact) mass is 267 g/mol. The summed E-state index contributed by atoms with van der Waals surface area (Å²) in [6.45, 7) is 0. The van der Waals surface area contributed by atoms with E-state index in [0.717, 1.165) is 6.07 Å². The van der Waals surface area contributed by atoms with Gasteiger partial charge in [0, 0.05) is 5.33 Å². The fourth-order valence-corrected chi connectivity index (χ4v) is 1.31. The van der Waals surface area contributed by atoms with Crippen molar-refractivity contribution in [2.45, 2.75) is 11.8 Å². The maximum absolute atomic E-state index is 13.2. The molecule has 14 heavy (non-hydrogen) atoms. The van der Waals surface area contributed by atoms with Crippen LogP contribution in [-0.2, 0) is 5.33 Å². The number of carbonyl (C=O) groups excluding carboxylic acids is 1. The van der Waals surface area contributed by atoms with Crippen molar-refractivity contribution < 1.29 is 18.0 Å². The molecule has 2 nitrogen and oxygen atoms in total. The molecule has 0 saturated heterocycles. The zero-order chi connectivity index (χ0) is 10.7. The van der Waals surface area contributed by atoms with Gasteiger partial charge in [0.25, 0.3) is 6.43 Å². The van der Waals surface area contributed by atoms with Gasteiger partial charge >= 0.3 is 0 Å². The van der Waals surface area contributed by atoms with E-state index in [-0.39, 0.29) is 16.7 Å². The van der Waals surface area contributed by atoms with Gasteiger partial charge in [-0.2, -0.15) is 0 Å². The molecule has 6 heteroatoms. The Balaban J connectivity index is 3.34. The van der Waals surface area contributed by atoms with E-state index in [9.17, 15) is 18.0 Å². The molecule has 0 aliphatic heterocycles. The van der Waals surface area contributed by atoms with Gasteiger partial charge in [-0.3, -0.25) is 4.79 Å². The number of alkyl halides is 3. The highest BCUT2D eigenvalue weighted by molar-refractivity contribution is 9.08. The Morgan fingerprint density at radius 1 is 1.57 bits per heavy atom. The molecule has 76 valence electrons. The number of aldehydes is 1. The molecule has 0 bridgehead atoms. The molecule has 0 amide bonds. The van der Waals surface area contributed by atoms with E-state index < -0.39 is 17.8 Å². The van der Waals surface area contributed by atoms with E-state index in [1.807, 2.05) is 0 Å². The van der Waals surface area contributed by atoms with Crippen LogP contribution in [0.3, 0.4) is 0 Å². The van der Waals surface area contributed by atoms with Crippen LogP contribution in [0.5, 0.6) is 0 Å². The number of pyridine rings is 1. The number of nitrogens with zero attached hydrogens (tertiary/aromatic N) is 1. The van der Waals surface area contributed by atoms with Crippen LogP contribution in [0, 0.1) is 5.82 Å². The van der Waals surface area contributed by atoms with Crippen molar-refractivity contribution in [1.29, 1.82) is 0 Å². The van der Waals surface area contributed by atoms with Crippen molar-refractivity contribution in [3.63, 3.8) is 0 Å². The van der Waals surface area contributed by atoms with Gasteiger partial charge in [0.15, 0.2) is 12.1 Å². The summed E-state index contributed by atoms with van der Waals surface area (Å²) in [6, 6.07) is 0.749. The lowest BCUT2D eigenvalue weighted by atomic mass is 10.2. The maximum atomic E-state index is 13.2. The van der Waals surface area contributed by atoms with Crippen LogP contribution in [0.2, 0.25) is 0 Å². The molecule has 0 N–H and O–H groups in total. The predicted octanol–water partition coefficient (Wildman–Crippen LogP) is 2.87. The van der Waals surface area contributed by atoms with Gasteiger partial charge in [0.1, 0.15) is 5.69 Å². The van der Waals surface area contributed by atoms with Crippen LogP contribution in [0.15, 0.2) is 6.07 Å². The molecule has 0 atom stereocenters. The topological polar surface area (TPSA) is 30.0 Å². The van der Waals surface area contributed by atoms with Gasteiger partial charge < -0.3 is 0 Å². The normalized spacial score (nSPS) is 10.6. The van der Waals surface area contributed by atoms with Crippen molar-refractivity contribution in [3.05, 3.63) is 28.8 Å². The molecule has 0 aliphatic rings. The summed E-state index contributed by atoms with van der Waals surface area (Å²) in [5.74, 6) is -1.07. The average molecular weight is 268 g/mol. The minimum Gasteiger partial charge on any atom is -0.296 e. The van der Waals surface area contributed by atoms with E-state index in [1.165, 1.54) is 0 Å². The first-order valence-electron chi connectivity index (χ1n) is 3.58. The molecule has 0 fully saturated rings. The lowest BCUT2D eigenvalue weighted by Crippen LogP contribution is -2.02. The summed E-state index contributed by atoms with van der Waals surface area (Å²) in [4.78, 5) is 13.8. The lowest BCUT2D eigenvalue weighted by molar-refractivity contribution is 0.111. The smallest absolute Gasteiger partial charge is 0.266 e. The highest BCUT2D eigenvalue weighted by Crippen LogP contribution is 2.24. The predicted molar refractivity (Wildman–Crippen MR) is 47.2 cm³/mol.